The van der Waals surface area contributed by atoms with Crippen molar-refractivity contribution in [1.82, 2.24) is 20.0 Å². The molecule has 1 unspecified atom stereocenters. The van der Waals surface area contributed by atoms with Gasteiger partial charge in [0.2, 0.25) is 5.91 Å². The SMILES string of the molecule is COc1ccc(NC(=O)C2CCCN(c3ccc(-n4nc(C)cc4C)nn3)C2)cc1OC. The quantitative estimate of drug-likeness (QED) is 0.634. The molecule has 32 heavy (non-hydrogen) atoms. The number of hydrogen-bond acceptors (Lipinski definition) is 7. The zero-order chi connectivity index (χ0) is 22.7. The number of carbonyl (C=O) groups is 1. The molecule has 3 heterocycles. The van der Waals surface area contributed by atoms with E-state index in [1.54, 1.807) is 31.0 Å². The van der Waals surface area contributed by atoms with Gasteiger partial charge in [-0.1, -0.05) is 0 Å². The largest absolute Gasteiger partial charge is 0.493 e. The number of rotatable bonds is 6. The van der Waals surface area contributed by atoms with Crippen LogP contribution in [0.15, 0.2) is 36.4 Å². The first-order chi connectivity index (χ1) is 15.5. The molecular formula is C23H28N6O3. The molecule has 0 saturated carbocycles. The predicted octanol–water partition coefficient (Wildman–Crippen LogP) is 3.15. The van der Waals surface area contributed by atoms with Crippen LogP contribution in [0.3, 0.4) is 0 Å². The highest BCUT2D eigenvalue weighted by atomic mass is 16.5. The number of nitrogens with one attached hydrogen (secondary N) is 1. The van der Waals surface area contributed by atoms with Crippen molar-refractivity contribution in [3.8, 4) is 17.3 Å². The van der Waals surface area contributed by atoms with E-state index in [0.29, 0.717) is 29.5 Å². The minimum Gasteiger partial charge on any atom is -0.493 e. The number of anilines is 2. The van der Waals surface area contributed by atoms with Crippen LogP contribution in [0, 0.1) is 19.8 Å². The molecule has 1 N–H and O–H groups in total. The van der Waals surface area contributed by atoms with E-state index < -0.39 is 0 Å². The third-order valence-corrected chi connectivity index (χ3v) is 5.63. The minimum absolute atomic E-state index is 0.0193. The maximum absolute atomic E-state index is 12.9. The summed E-state index contributed by atoms with van der Waals surface area (Å²) in [6.45, 7) is 5.37. The molecule has 2 aromatic heterocycles. The number of piperidine rings is 1. The molecule has 1 aliphatic rings. The minimum atomic E-state index is -0.144. The van der Waals surface area contributed by atoms with Crippen LogP contribution < -0.4 is 19.7 Å². The molecule has 1 saturated heterocycles. The fourth-order valence-electron chi connectivity index (χ4n) is 4.02. The third-order valence-electron chi connectivity index (χ3n) is 5.63. The summed E-state index contributed by atoms with van der Waals surface area (Å²) in [7, 11) is 3.16. The van der Waals surface area contributed by atoms with Gasteiger partial charge in [-0.05, 0) is 57.0 Å². The van der Waals surface area contributed by atoms with Crippen molar-refractivity contribution in [2.24, 2.45) is 5.92 Å². The normalized spacial score (nSPS) is 16.0. The zero-order valence-electron chi connectivity index (χ0n) is 18.8. The van der Waals surface area contributed by atoms with Crippen molar-refractivity contribution < 1.29 is 14.3 Å². The van der Waals surface area contributed by atoms with Crippen LogP contribution in [0.25, 0.3) is 5.82 Å². The predicted molar refractivity (Wildman–Crippen MR) is 122 cm³/mol. The lowest BCUT2D eigenvalue weighted by atomic mass is 9.97. The van der Waals surface area contributed by atoms with Crippen LogP contribution in [-0.4, -0.2) is 53.2 Å². The molecule has 9 heteroatoms. The molecule has 4 rings (SSSR count). The van der Waals surface area contributed by atoms with Gasteiger partial charge in [-0.25, -0.2) is 4.68 Å². The number of methoxy groups -OCH3 is 2. The first-order valence-electron chi connectivity index (χ1n) is 10.6. The second-order valence-corrected chi connectivity index (χ2v) is 7.93. The molecule has 1 atom stereocenters. The molecule has 1 aromatic carbocycles. The zero-order valence-corrected chi connectivity index (χ0v) is 18.8. The van der Waals surface area contributed by atoms with Gasteiger partial charge in [0, 0.05) is 30.5 Å². The Bertz CT molecular complexity index is 1100. The second kappa shape index (κ2) is 9.25. The Kier molecular flexibility index (Phi) is 6.25. The molecule has 3 aromatic rings. The molecule has 9 nitrogen and oxygen atoms in total. The Balaban J connectivity index is 1.43. The molecular weight excluding hydrogens is 408 g/mol. The van der Waals surface area contributed by atoms with E-state index in [2.05, 4.69) is 25.5 Å². The lowest BCUT2D eigenvalue weighted by Crippen LogP contribution is -2.41. The van der Waals surface area contributed by atoms with Gasteiger partial charge in [-0.2, -0.15) is 5.10 Å². The summed E-state index contributed by atoms with van der Waals surface area (Å²) in [5.41, 5.74) is 2.63. The highest BCUT2D eigenvalue weighted by Gasteiger charge is 2.27. The summed E-state index contributed by atoms with van der Waals surface area (Å²) in [4.78, 5) is 15.0. The van der Waals surface area contributed by atoms with Gasteiger partial charge in [0.1, 0.15) is 0 Å². The van der Waals surface area contributed by atoms with Crippen LogP contribution in [0.5, 0.6) is 11.5 Å². The number of nitrogens with zero attached hydrogens (tertiary/aromatic N) is 5. The summed E-state index contributed by atoms with van der Waals surface area (Å²) in [6.07, 6.45) is 1.73. The Morgan fingerprint density at radius 1 is 1.03 bits per heavy atom. The van der Waals surface area contributed by atoms with Crippen molar-refractivity contribution in [1.29, 1.82) is 0 Å². The Morgan fingerprint density at radius 3 is 2.44 bits per heavy atom. The summed E-state index contributed by atoms with van der Waals surface area (Å²) < 4.78 is 12.4. The summed E-state index contributed by atoms with van der Waals surface area (Å²) >= 11 is 0. The maximum atomic E-state index is 12.9. The molecule has 0 spiro atoms. The highest BCUT2D eigenvalue weighted by Crippen LogP contribution is 2.30. The van der Waals surface area contributed by atoms with Gasteiger partial charge < -0.3 is 19.7 Å². The topological polar surface area (TPSA) is 94.4 Å². The van der Waals surface area contributed by atoms with E-state index in [0.717, 1.165) is 36.6 Å². The van der Waals surface area contributed by atoms with Crippen LogP contribution >= 0.6 is 0 Å². The Labute approximate surface area is 187 Å². The van der Waals surface area contributed by atoms with Crippen molar-refractivity contribution in [2.45, 2.75) is 26.7 Å². The molecule has 1 fully saturated rings. The second-order valence-electron chi connectivity index (χ2n) is 7.93. The number of benzene rings is 1. The van der Waals surface area contributed by atoms with E-state index in [4.69, 9.17) is 9.47 Å². The first kappa shape index (κ1) is 21.6. The maximum Gasteiger partial charge on any atom is 0.229 e. The van der Waals surface area contributed by atoms with E-state index >= 15 is 0 Å². The Hall–Kier alpha value is -3.62. The van der Waals surface area contributed by atoms with Crippen LogP contribution in [-0.2, 0) is 4.79 Å². The monoisotopic (exact) mass is 436 g/mol. The van der Waals surface area contributed by atoms with Crippen molar-refractivity contribution in [3.63, 3.8) is 0 Å². The number of amides is 1. The van der Waals surface area contributed by atoms with E-state index in [1.807, 2.05) is 38.1 Å². The fraction of sp³-hybridized carbons (Fsp3) is 0.391. The van der Waals surface area contributed by atoms with E-state index in [-0.39, 0.29) is 11.8 Å². The number of aromatic nitrogens is 4. The summed E-state index contributed by atoms with van der Waals surface area (Å²) in [5.74, 6) is 2.48. The molecule has 0 radical (unpaired) electrons. The van der Waals surface area contributed by atoms with E-state index in [9.17, 15) is 4.79 Å². The van der Waals surface area contributed by atoms with Gasteiger partial charge in [0.15, 0.2) is 23.1 Å². The third kappa shape index (κ3) is 4.51. The first-order valence-corrected chi connectivity index (χ1v) is 10.6. The number of carbonyl (C=O) groups excluding carboxylic acids is 1. The summed E-state index contributed by atoms with van der Waals surface area (Å²) in [5, 5.41) is 16.2. The van der Waals surface area contributed by atoms with Crippen molar-refractivity contribution in [2.75, 3.05) is 37.5 Å². The lowest BCUT2D eigenvalue weighted by Gasteiger charge is -2.32. The van der Waals surface area contributed by atoms with Crippen LogP contribution in [0.2, 0.25) is 0 Å². The average molecular weight is 437 g/mol. The standard InChI is InChI=1S/C23H28N6O3/c1-15-12-16(2)29(27-15)22-10-9-21(25-26-22)28-11-5-6-17(14-28)23(30)24-18-7-8-19(31-3)20(13-18)32-4/h7-10,12-13,17H,5-6,11,14H2,1-4H3,(H,24,30). The smallest absolute Gasteiger partial charge is 0.229 e. The molecule has 1 aliphatic heterocycles. The molecule has 0 bridgehead atoms. The number of aryl methyl sites for hydroxylation is 2. The van der Waals surface area contributed by atoms with Crippen LogP contribution in [0.4, 0.5) is 11.5 Å². The fourth-order valence-corrected chi connectivity index (χ4v) is 4.02. The summed E-state index contributed by atoms with van der Waals surface area (Å²) in [6, 6.07) is 11.2. The van der Waals surface area contributed by atoms with Gasteiger partial charge in [-0.3, -0.25) is 4.79 Å². The lowest BCUT2D eigenvalue weighted by molar-refractivity contribution is -0.120. The van der Waals surface area contributed by atoms with Crippen LogP contribution in [0.1, 0.15) is 24.2 Å². The number of hydrogen-bond donors (Lipinski definition) is 1. The molecule has 168 valence electrons. The van der Waals surface area contributed by atoms with Gasteiger partial charge in [0.05, 0.1) is 25.8 Å². The van der Waals surface area contributed by atoms with Gasteiger partial charge in [0.25, 0.3) is 0 Å². The average Bonchev–Trinajstić information content (AvgIpc) is 3.16. The van der Waals surface area contributed by atoms with Crippen molar-refractivity contribution >= 4 is 17.4 Å². The number of ether oxygens (including phenoxy) is 2. The van der Waals surface area contributed by atoms with Gasteiger partial charge >= 0.3 is 0 Å². The Morgan fingerprint density at radius 2 is 1.78 bits per heavy atom. The van der Waals surface area contributed by atoms with Gasteiger partial charge in [-0.15, -0.1) is 10.2 Å². The van der Waals surface area contributed by atoms with E-state index in [1.165, 1.54) is 0 Å². The molecule has 1 amide bonds. The molecule has 0 aliphatic carbocycles. The highest BCUT2D eigenvalue weighted by molar-refractivity contribution is 5.93. The van der Waals surface area contributed by atoms with Crippen molar-refractivity contribution in [3.05, 3.63) is 47.8 Å².